The van der Waals surface area contributed by atoms with E-state index < -0.39 is 20.6 Å². The topological polar surface area (TPSA) is 48.4 Å². The SMILES string of the molecule is COC(=O)C1CC(P(=S)(N(C(C)C)C(C)C)N(C(C)C)C(C)C)=NN1[Si](C(C)C)(C(C)C)C(C)C. The highest BCUT2D eigenvalue weighted by Crippen LogP contribution is 2.62. The molecule has 1 atom stereocenters. The average Bonchev–Trinajstić information content (AvgIpc) is 3.11. The van der Waals surface area contributed by atoms with Crippen LogP contribution in [-0.4, -0.2) is 71.0 Å². The summed E-state index contributed by atoms with van der Waals surface area (Å²) in [5.74, 6) is -0.189. The zero-order chi connectivity index (χ0) is 27.6. The number of methoxy groups -OCH3 is 1. The van der Waals surface area contributed by atoms with Crippen molar-refractivity contribution in [2.75, 3.05) is 7.11 Å². The van der Waals surface area contributed by atoms with Crippen LogP contribution in [0, 0.1) is 0 Å². The number of hydrogen-bond donors (Lipinski definition) is 0. The Morgan fingerprint density at radius 1 is 0.857 bits per heavy atom. The maximum Gasteiger partial charge on any atom is 0.329 e. The molecule has 0 radical (unpaired) electrons. The minimum atomic E-state index is -2.47. The van der Waals surface area contributed by atoms with Gasteiger partial charge in [-0.15, -0.1) is 0 Å². The Balaban J connectivity index is 4.07. The zero-order valence-corrected chi connectivity index (χ0v) is 28.0. The monoisotopic (exact) mass is 546 g/mol. The number of hydrogen-bond acceptors (Lipinski definition) is 5. The minimum absolute atomic E-state index is 0.189. The normalized spacial score (nSPS) is 18.1. The van der Waals surface area contributed by atoms with E-state index in [-0.39, 0.29) is 30.1 Å². The van der Waals surface area contributed by atoms with E-state index in [9.17, 15) is 4.79 Å². The van der Waals surface area contributed by atoms with E-state index in [1.807, 2.05) is 0 Å². The summed E-state index contributed by atoms with van der Waals surface area (Å²) in [6.45, 7) is 31.8. The number of rotatable bonds is 12. The predicted octanol–water partition coefficient (Wildman–Crippen LogP) is 7.27. The molecule has 0 aromatic carbocycles. The summed E-state index contributed by atoms with van der Waals surface area (Å²) >= 11 is 6.83. The lowest BCUT2D eigenvalue weighted by atomic mass is 10.2. The molecule has 1 unspecified atom stereocenters. The molecule has 0 amide bonds. The van der Waals surface area contributed by atoms with Gasteiger partial charge in [0, 0.05) is 30.6 Å². The molecule has 0 saturated carbocycles. The molecule has 0 N–H and O–H groups in total. The summed E-state index contributed by atoms with van der Waals surface area (Å²) in [4.78, 5) is 13.3. The Bertz CT molecular complexity index is 736. The standard InChI is InChI=1S/C26H55N4O2PSSi/c1-17(2)28(18(3)4)33(34,29(19(5)6)20(7)8)25-16-24(26(31)32-15)30(27-25)35(21(9)10,22(11)12)23(13)14/h17-24H,16H2,1-15H3. The average molecular weight is 547 g/mol. The van der Waals surface area contributed by atoms with E-state index in [4.69, 9.17) is 21.6 Å². The Labute approximate surface area is 223 Å². The van der Waals surface area contributed by atoms with Gasteiger partial charge in [-0.3, -0.25) is 9.34 Å². The van der Waals surface area contributed by atoms with Crippen LogP contribution in [0.1, 0.15) is 103 Å². The second-order valence-electron chi connectivity index (χ2n) is 12.1. The van der Waals surface area contributed by atoms with E-state index in [0.717, 1.165) is 5.45 Å². The quantitative estimate of drug-likeness (QED) is 0.146. The van der Waals surface area contributed by atoms with Gasteiger partial charge in [-0.2, -0.15) is 5.10 Å². The van der Waals surface area contributed by atoms with E-state index in [0.29, 0.717) is 23.0 Å². The molecule has 1 aliphatic heterocycles. The summed E-state index contributed by atoms with van der Waals surface area (Å²) in [7, 11) is -0.755. The smallest absolute Gasteiger partial charge is 0.329 e. The lowest BCUT2D eigenvalue weighted by Gasteiger charge is -2.50. The van der Waals surface area contributed by atoms with Crippen molar-refractivity contribution in [3.8, 4) is 0 Å². The van der Waals surface area contributed by atoms with Crippen molar-refractivity contribution in [1.29, 1.82) is 0 Å². The maximum absolute atomic E-state index is 13.3. The summed E-state index contributed by atoms with van der Waals surface area (Å²) in [5.41, 5.74) is 2.29. The molecule has 0 fully saturated rings. The molecule has 1 rings (SSSR count). The molecule has 0 aromatic heterocycles. The van der Waals surface area contributed by atoms with Crippen molar-refractivity contribution < 1.29 is 9.53 Å². The molecule has 0 aromatic rings. The van der Waals surface area contributed by atoms with Crippen molar-refractivity contribution in [2.45, 2.75) is 150 Å². The molecule has 1 aliphatic rings. The molecule has 6 nitrogen and oxygen atoms in total. The molecule has 0 aliphatic carbocycles. The number of hydrazone groups is 1. The van der Waals surface area contributed by atoms with Crippen LogP contribution < -0.4 is 0 Å². The fourth-order valence-electron chi connectivity index (χ4n) is 6.97. The van der Waals surface area contributed by atoms with Crippen LogP contribution >= 0.6 is 6.34 Å². The van der Waals surface area contributed by atoms with E-state index in [1.54, 1.807) is 0 Å². The highest BCUT2D eigenvalue weighted by Gasteiger charge is 2.57. The van der Waals surface area contributed by atoms with Crippen molar-refractivity contribution in [2.24, 2.45) is 5.10 Å². The zero-order valence-electron chi connectivity index (χ0n) is 25.3. The number of ether oxygens (including phenoxy) is 1. The van der Waals surface area contributed by atoms with Crippen LogP contribution in [0.4, 0.5) is 0 Å². The Hall–Kier alpha value is -0.273. The van der Waals surface area contributed by atoms with Gasteiger partial charge in [-0.05, 0) is 72.0 Å². The number of carbonyl (C=O) groups excluding carboxylic acids is 1. The van der Waals surface area contributed by atoms with Gasteiger partial charge >= 0.3 is 5.97 Å². The van der Waals surface area contributed by atoms with E-state index in [2.05, 4.69) is 111 Å². The first-order valence-corrected chi connectivity index (χ1v) is 18.4. The largest absolute Gasteiger partial charge is 0.467 e. The summed E-state index contributed by atoms with van der Waals surface area (Å²) in [6, 6.07) is 0.638. The summed E-state index contributed by atoms with van der Waals surface area (Å²) in [5, 5.41) is 5.49. The van der Waals surface area contributed by atoms with Crippen LogP contribution in [0.5, 0.6) is 0 Å². The van der Waals surface area contributed by atoms with Crippen LogP contribution in [0.25, 0.3) is 0 Å². The minimum Gasteiger partial charge on any atom is -0.467 e. The molecular weight excluding hydrogens is 491 g/mol. The van der Waals surface area contributed by atoms with Gasteiger partial charge in [-0.25, -0.2) is 4.79 Å². The van der Waals surface area contributed by atoms with Gasteiger partial charge in [-0.1, -0.05) is 53.3 Å². The number of carbonyl (C=O) groups is 1. The highest BCUT2D eigenvalue weighted by atomic mass is 32.4. The van der Waals surface area contributed by atoms with Crippen LogP contribution in [-0.2, 0) is 21.3 Å². The second-order valence-corrected chi connectivity index (χ2v) is 21.9. The summed E-state index contributed by atoms with van der Waals surface area (Å²) in [6.07, 6.45) is -1.92. The van der Waals surface area contributed by atoms with Gasteiger partial charge in [0.1, 0.15) is 17.8 Å². The Morgan fingerprint density at radius 3 is 1.46 bits per heavy atom. The third-order valence-electron chi connectivity index (χ3n) is 7.62. The number of nitrogens with zero attached hydrogens (tertiary/aromatic N) is 4. The Morgan fingerprint density at radius 2 is 1.20 bits per heavy atom. The molecule has 0 spiro atoms. The second kappa shape index (κ2) is 12.5. The number of esters is 1. The predicted molar refractivity (Wildman–Crippen MR) is 159 cm³/mol. The molecule has 1 heterocycles. The van der Waals surface area contributed by atoms with E-state index in [1.165, 1.54) is 7.11 Å². The molecule has 206 valence electrons. The van der Waals surface area contributed by atoms with Crippen LogP contribution in [0.2, 0.25) is 16.6 Å². The molecule has 9 heteroatoms. The third-order valence-corrected chi connectivity index (χ3v) is 20.2. The van der Waals surface area contributed by atoms with Crippen molar-refractivity contribution >= 4 is 37.8 Å². The van der Waals surface area contributed by atoms with E-state index >= 15 is 0 Å². The third kappa shape index (κ3) is 5.92. The molecule has 35 heavy (non-hydrogen) atoms. The van der Waals surface area contributed by atoms with Gasteiger partial charge in [0.25, 0.3) is 0 Å². The summed E-state index contributed by atoms with van der Waals surface area (Å²) < 4.78 is 12.7. The molecular formula is C26H55N4O2PSSi. The molecule has 0 bridgehead atoms. The van der Waals surface area contributed by atoms with Crippen molar-refractivity contribution in [3.63, 3.8) is 0 Å². The van der Waals surface area contributed by atoms with Crippen LogP contribution in [0.15, 0.2) is 5.10 Å². The van der Waals surface area contributed by atoms with Gasteiger partial charge in [0.05, 0.1) is 7.11 Å². The Kier molecular flexibility index (Phi) is 11.7. The first-order valence-electron chi connectivity index (χ1n) is 13.6. The van der Waals surface area contributed by atoms with Crippen LogP contribution in [0.3, 0.4) is 0 Å². The maximum atomic E-state index is 13.3. The van der Waals surface area contributed by atoms with Crippen molar-refractivity contribution in [3.05, 3.63) is 0 Å². The first-order chi connectivity index (χ1) is 15.9. The first kappa shape index (κ1) is 32.8. The lowest BCUT2D eigenvalue weighted by Crippen LogP contribution is -2.61. The van der Waals surface area contributed by atoms with Gasteiger partial charge < -0.3 is 9.41 Å². The fraction of sp³-hybridized carbons (Fsp3) is 0.923. The van der Waals surface area contributed by atoms with Crippen molar-refractivity contribution in [1.82, 2.24) is 14.0 Å². The van der Waals surface area contributed by atoms with Gasteiger partial charge in [0.2, 0.25) is 0 Å². The molecule has 0 saturated heterocycles. The fourth-order valence-corrected chi connectivity index (χ4v) is 20.2. The van der Waals surface area contributed by atoms with Gasteiger partial charge in [0.15, 0.2) is 8.24 Å². The highest BCUT2D eigenvalue weighted by molar-refractivity contribution is 8.20. The lowest BCUT2D eigenvalue weighted by molar-refractivity contribution is -0.144.